The smallest absolute Gasteiger partial charge is 0.321 e. The van der Waals surface area contributed by atoms with Crippen LogP contribution in [0.2, 0.25) is 0 Å². The Morgan fingerprint density at radius 3 is 2.78 bits per heavy atom. The van der Waals surface area contributed by atoms with Crippen molar-refractivity contribution in [1.29, 1.82) is 5.26 Å². The van der Waals surface area contributed by atoms with Crippen molar-refractivity contribution < 1.29 is 17.9 Å². The number of sulfone groups is 1. The van der Waals surface area contributed by atoms with Gasteiger partial charge in [-0.05, 0) is 5.41 Å². The largest absolute Gasteiger partial charge is 0.468 e. The molecular formula is C9H11N3O4S2. The van der Waals surface area contributed by atoms with Gasteiger partial charge in [-0.3, -0.25) is 10.2 Å². The highest BCUT2D eigenvalue weighted by Gasteiger charge is 2.31. The Morgan fingerprint density at radius 2 is 2.28 bits per heavy atom. The van der Waals surface area contributed by atoms with E-state index in [4.69, 9.17) is 5.26 Å². The lowest BCUT2D eigenvalue weighted by atomic mass is 10.2. The second kappa shape index (κ2) is 5.88. The van der Waals surface area contributed by atoms with Crippen LogP contribution in [0.5, 0.6) is 0 Å². The summed E-state index contributed by atoms with van der Waals surface area (Å²) in [5, 5.41) is 12.7. The lowest BCUT2D eigenvalue weighted by molar-refractivity contribution is -0.140. The van der Waals surface area contributed by atoms with Crippen LogP contribution in [-0.2, 0) is 19.4 Å². The van der Waals surface area contributed by atoms with Crippen LogP contribution >= 0.6 is 11.8 Å². The van der Waals surface area contributed by atoms with Crippen LogP contribution in [-0.4, -0.2) is 44.1 Å². The standard InChI is InChI=1S/C9H11N3O4S2/c1-16-9(13)8-6(3-4-17-8)11-12-7(5-10)18(2,14)15/h3-4,6,8,11H,1-2H3/b12-7-. The fourth-order valence-corrected chi connectivity index (χ4v) is 2.50. The minimum absolute atomic E-state index is 0.449. The highest BCUT2D eigenvalue weighted by molar-refractivity contribution is 8.06. The van der Waals surface area contributed by atoms with E-state index in [0.717, 1.165) is 6.26 Å². The third kappa shape index (κ3) is 3.48. The van der Waals surface area contributed by atoms with Crippen molar-refractivity contribution in [2.75, 3.05) is 13.4 Å². The average molecular weight is 289 g/mol. The minimum Gasteiger partial charge on any atom is -0.468 e. The summed E-state index contributed by atoms with van der Waals surface area (Å²) in [6.07, 6.45) is 2.53. The summed E-state index contributed by atoms with van der Waals surface area (Å²) in [5.74, 6) is -0.449. The molecule has 0 saturated carbocycles. The fraction of sp³-hybridized carbons (Fsp3) is 0.444. The molecule has 0 saturated heterocycles. The van der Waals surface area contributed by atoms with E-state index >= 15 is 0 Å². The topological polar surface area (TPSA) is 109 Å². The van der Waals surface area contributed by atoms with Gasteiger partial charge in [-0.1, -0.05) is 6.08 Å². The van der Waals surface area contributed by atoms with Crippen LogP contribution < -0.4 is 5.43 Å². The molecule has 0 spiro atoms. The molecule has 1 heterocycles. The van der Waals surface area contributed by atoms with Crippen LogP contribution in [0.1, 0.15) is 0 Å². The highest BCUT2D eigenvalue weighted by Crippen LogP contribution is 2.25. The first kappa shape index (κ1) is 14.5. The number of rotatable bonds is 3. The third-order valence-corrected chi connectivity index (χ3v) is 4.01. The van der Waals surface area contributed by atoms with Crippen molar-refractivity contribution in [2.45, 2.75) is 11.3 Å². The maximum absolute atomic E-state index is 11.4. The van der Waals surface area contributed by atoms with Crippen molar-refractivity contribution in [3.05, 3.63) is 11.5 Å². The molecule has 2 unspecified atom stereocenters. The molecule has 98 valence electrons. The predicted octanol–water partition coefficient (Wildman–Crippen LogP) is -0.372. The molecule has 0 aliphatic carbocycles. The van der Waals surface area contributed by atoms with Gasteiger partial charge < -0.3 is 4.74 Å². The molecule has 1 rings (SSSR count). The first-order chi connectivity index (χ1) is 8.40. The molecule has 0 aromatic carbocycles. The summed E-state index contributed by atoms with van der Waals surface area (Å²) in [4.78, 5) is 11.4. The van der Waals surface area contributed by atoms with Crippen LogP contribution in [0.15, 0.2) is 16.6 Å². The van der Waals surface area contributed by atoms with E-state index in [0.29, 0.717) is 0 Å². The SMILES string of the molecule is COC(=O)C1SC=CC1N/N=C(/C#N)S(C)(=O)=O. The molecule has 0 radical (unpaired) electrons. The maximum Gasteiger partial charge on any atom is 0.321 e. The Kier molecular flexibility index (Phi) is 4.75. The molecule has 0 aromatic rings. The number of carbonyl (C=O) groups excluding carboxylic acids is 1. The number of hydrazone groups is 1. The number of nitrogens with one attached hydrogen (secondary N) is 1. The van der Waals surface area contributed by atoms with Gasteiger partial charge in [0.25, 0.3) is 5.04 Å². The summed E-state index contributed by atoms with van der Waals surface area (Å²) >= 11 is 1.23. The number of nitrogens with zero attached hydrogens (tertiary/aromatic N) is 2. The zero-order chi connectivity index (χ0) is 13.8. The van der Waals surface area contributed by atoms with Crippen LogP contribution in [0, 0.1) is 11.3 Å². The monoisotopic (exact) mass is 289 g/mol. The lowest BCUT2D eigenvalue weighted by Crippen LogP contribution is -2.37. The van der Waals surface area contributed by atoms with Gasteiger partial charge in [-0.15, -0.1) is 11.8 Å². The molecule has 1 N–H and O–H groups in total. The maximum atomic E-state index is 11.4. The van der Waals surface area contributed by atoms with Gasteiger partial charge in [0, 0.05) is 6.26 Å². The number of hydrogen-bond acceptors (Lipinski definition) is 8. The number of thioether (sulfide) groups is 1. The fourth-order valence-electron chi connectivity index (χ4n) is 1.15. The molecule has 0 bridgehead atoms. The third-order valence-electron chi connectivity index (χ3n) is 2.03. The number of methoxy groups -OCH3 is 1. The van der Waals surface area contributed by atoms with Crippen molar-refractivity contribution in [1.82, 2.24) is 5.43 Å². The Balaban J connectivity index is 2.80. The molecule has 9 heteroatoms. The van der Waals surface area contributed by atoms with E-state index in [1.807, 2.05) is 0 Å². The van der Waals surface area contributed by atoms with Gasteiger partial charge in [-0.2, -0.15) is 10.4 Å². The van der Waals surface area contributed by atoms with Crippen LogP contribution in [0.4, 0.5) is 0 Å². The molecule has 0 aromatic heterocycles. The van der Waals surface area contributed by atoms with Gasteiger partial charge in [0.1, 0.15) is 11.3 Å². The average Bonchev–Trinajstić information content (AvgIpc) is 2.75. The predicted molar refractivity (Wildman–Crippen MR) is 67.4 cm³/mol. The molecule has 7 nitrogen and oxygen atoms in total. The Hall–Kier alpha value is -1.53. The van der Waals surface area contributed by atoms with Crippen molar-refractivity contribution >= 4 is 32.6 Å². The molecule has 18 heavy (non-hydrogen) atoms. The summed E-state index contributed by atoms with van der Waals surface area (Å²) in [7, 11) is -2.41. The Labute approximate surface area is 109 Å². The number of hydrogen-bond donors (Lipinski definition) is 1. The molecule has 2 atom stereocenters. The molecule has 1 aliphatic rings. The minimum atomic E-state index is -3.67. The van der Waals surface area contributed by atoms with E-state index in [1.54, 1.807) is 11.5 Å². The summed E-state index contributed by atoms with van der Waals surface area (Å²) in [5.41, 5.74) is 2.48. The molecular weight excluding hydrogens is 278 g/mol. The summed E-state index contributed by atoms with van der Waals surface area (Å²) < 4.78 is 26.9. The van der Waals surface area contributed by atoms with E-state index in [2.05, 4.69) is 15.3 Å². The summed E-state index contributed by atoms with van der Waals surface area (Å²) in [6, 6.07) is 0.970. The number of esters is 1. The molecule has 1 aliphatic heterocycles. The van der Waals surface area contributed by atoms with Crippen LogP contribution in [0.3, 0.4) is 0 Å². The quantitative estimate of drug-likeness (QED) is 0.327. The first-order valence-electron chi connectivity index (χ1n) is 4.73. The second-order valence-corrected chi connectivity index (χ2v) is 6.35. The second-order valence-electron chi connectivity index (χ2n) is 3.36. The van der Waals surface area contributed by atoms with Gasteiger partial charge in [0.15, 0.2) is 0 Å². The Bertz CT molecular complexity index is 533. The summed E-state index contributed by atoms with van der Waals surface area (Å²) in [6.45, 7) is 0. The molecule has 0 fully saturated rings. The number of carbonyl (C=O) groups is 1. The van der Waals surface area contributed by atoms with E-state index < -0.39 is 32.1 Å². The zero-order valence-corrected chi connectivity index (χ0v) is 11.3. The first-order valence-corrected chi connectivity index (χ1v) is 7.57. The van der Waals surface area contributed by atoms with Crippen molar-refractivity contribution in [3.63, 3.8) is 0 Å². The van der Waals surface area contributed by atoms with E-state index in [1.165, 1.54) is 24.9 Å². The normalized spacial score (nSPS) is 23.5. The number of nitriles is 1. The zero-order valence-electron chi connectivity index (χ0n) is 9.65. The van der Waals surface area contributed by atoms with Gasteiger partial charge in [0.05, 0.1) is 13.2 Å². The Morgan fingerprint density at radius 1 is 1.61 bits per heavy atom. The van der Waals surface area contributed by atoms with Gasteiger partial charge in [0.2, 0.25) is 9.84 Å². The van der Waals surface area contributed by atoms with Crippen molar-refractivity contribution in [3.8, 4) is 6.07 Å². The number of ether oxygens (including phenoxy) is 1. The van der Waals surface area contributed by atoms with Crippen molar-refractivity contribution in [2.24, 2.45) is 5.10 Å². The molecule has 0 amide bonds. The van der Waals surface area contributed by atoms with Gasteiger partial charge in [-0.25, -0.2) is 8.42 Å². The lowest BCUT2D eigenvalue weighted by Gasteiger charge is -2.15. The van der Waals surface area contributed by atoms with Crippen LogP contribution in [0.25, 0.3) is 0 Å². The van der Waals surface area contributed by atoms with Gasteiger partial charge >= 0.3 is 5.97 Å². The van der Waals surface area contributed by atoms with E-state index in [9.17, 15) is 13.2 Å². The highest BCUT2D eigenvalue weighted by atomic mass is 32.2. The van der Waals surface area contributed by atoms with E-state index in [-0.39, 0.29) is 0 Å².